The molecule has 0 aliphatic rings. The summed E-state index contributed by atoms with van der Waals surface area (Å²) in [4.78, 5) is 0. The number of hydrogen-bond acceptors (Lipinski definition) is 1. The van der Waals surface area contributed by atoms with Gasteiger partial charge in [-0.3, -0.25) is 0 Å². The van der Waals surface area contributed by atoms with Gasteiger partial charge in [-0.25, -0.2) is 0 Å². The van der Waals surface area contributed by atoms with E-state index >= 15 is 0 Å². The fourth-order valence-corrected chi connectivity index (χ4v) is 5.26. The quantitative estimate of drug-likeness (QED) is 0.226. The third-order valence-electron chi connectivity index (χ3n) is 5.35. The van der Waals surface area contributed by atoms with Gasteiger partial charge >= 0.3 is 0 Å². The predicted molar refractivity (Wildman–Crippen MR) is 141 cm³/mol. The van der Waals surface area contributed by atoms with Crippen molar-refractivity contribution in [2.75, 3.05) is 0 Å². The second-order valence-corrected chi connectivity index (χ2v) is 11.0. The van der Waals surface area contributed by atoms with Crippen LogP contribution < -0.4 is 0 Å². The van der Waals surface area contributed by atoms with Gasteiger partial charge in [0.25, 0.3) is 0 Å². The maximum atomic E-state index is 12.6. The van der Waals surface area contributed by atoms with E-state index < -0.39 is 5.60 Å². The van der Waals surface area contributed by atoms with Gasteiger partial charge in [-0.1, -0.05) is 112 Å². The lowest BCUT2D eigenvalue weighted by Crippen LogP contribution is -2.36. The number of hydrogen-bond donors (Lipinski definition) is 1. The Balaban J connectivity index is 2.04. The zero-order valence-corrected chi connectivity index (χ0v) is 22.6. The smallest absolute Gasteiger partial charge is 0.126 e. The second-order valence-electron chi connectivity index (χ2n) is 7.32. The van der Waals surface area contributed by atoms with E-state index in [-0.39, 0.29) is 5.92 Å². The Hall–Kier alpha value is -1.24. The number of benzene rings is 4. The zero-order valence-electron chi connectivity index (χ0n) is 16.3. The van der Waals surface area contributed by atoms with Gasteiger partial charge in [0, 0.05) is 23.8 Å². The van der Waals surface area contributed by atoms with Crippen LogP contribution in [0.1, 0.15) is 28.2 Å². The molecule has 0 bridgehead atoms. The average Bonchev–Trinajstić information content (AvgIpc) is 2.76. The summed E-state index contributed by atoms with van der Waals surface area (Å²) in [6.07, 6.45) is 0. The van der Waals surface area contributed by atoms with Crippen molar-refractivity contribution in [3.8, 4) is 0 Å². The topological polar surface area (TPSA) is 20.2 Å². The highest BCUT2D eigenvalue weighted by atomic mass is 79.9. The normalized spacial score (nSPS) is 11.7. The van der Waals surface area contributed by atoms with Crippen LogP contribution in [0.2, 0.25) is 0 Å². The first-order valence-electron chi connectivity index (χ1n) is 9.63. The molecule has 0 atom stereocenters. The second kappa shape index (κ2) is 9.72. The molecule has 0 aliphatic heterocycles. The van der Waals surface area contributed by atoms with Crippen LogP contribution in [0.15, 0.2) is 115 Å². The van der Waals surface area contributed by atoms with Crippen LogP contribution >= 0.6 is 63.7 Å². The minimum atomic E-state index is -1.31. The lowest BCUT2D eigenvalue weighted by molar-refractivity contribution is 0.0624. The maximum Gasteiger partial charge on any atom is 0.126 e. The molecule has 0 aliphatic carbocycles. The van der Waals surface area contributed by atoms with E-state index in [1.165, 1.54) is 0 Å². The molecule has 4 aromatic carbocycles. The van der Waals surface area contributed by atoms with Gasteiger partial charge in [-0.05, 0) is 70.8 Å². The monoisotopic (exact) mass is 662 g/mol. The van der Waals surface area contributed by atoms with E-state index in [0.29, 0.717) is 0 Å². The predicted octanol–water partition coefficient (Wildman–Crippen LogP) is 8.80. The molecule has 0 heterocycles. The molecule has 0 amide bonds. The molecule has 0 spiro atoms. The molecule has 0 saturated heterocycles. The summed E-state index contributed by atoms with van der Waals surface area (Å²) in [7, 11) is 0. The SMILES string of the molecule is OC(c1cccc(Br)c1)(c1cccc(Br)c1)C(c1ccc(Br)cc1)c1ccc(Br)cc1. The highest BCUT2D eigenvalue weighted by molar-refractivity contribution is 9.11. The van der Waals surface area contributed by atoms with Gasteiger partial charge in [0.15, 0.2) is 0 Å². The van der Waals surface area contributed by atoms with E-state index in [0.717, 1.165) is 40.1 Å². The Labute approximate surface area is 216 Å². The lowest BCUT2D eigenvalue weighted by Gasteiger charge is -2.38. The highest BCUT2D eigenvalue weighted by Crippen LogP contribution is 2.47. The van der Waals surface area contributed by atoms with Crippen molar-refractivity contribution in [2.45, 2.75) is 11.5 Å². The minimum Gasteiger partial charge on any atom is -0.379 e. The molecule has 0 radical (unpaired) electrons. The van der Waals surface area contributed by atoms with Crippen molar-refractivity contribution in [2.24, 2.45) is 0 Å². The van der Waals surface area contributed by atoms with E-state index in [4.69, 9.17) is 0 Å². The Morgan fingerprint density at radius 1 is 0.516 bits per heavy atom. The molecule has 0 unspecified atom stereocenters. The van der Waals surface area contributed by atoms with Crippen molar-refractivity contribution in [1.82, 2.24) is 0 Å². The summed E-state index contributed by atoms with van der Waals surface area (Å²) in [6, 6.07) is 32.2. The summed E-state index contributed by atoms with van der Waals surface area (Å²) >= 11 is 14.3. The molecule has 156 valence electrons. The minimum absolute atomic E-state index is 0.336. The van der Waals surface area contributed by atoms with Gasteiger partial charge in [0.1, 0.15) is 5.60 Å². The molecule has 0 saturated carbocycles. The Morgan fingerprint density at radius 3 is 1.26 bits per heavy atom. The number of rotatable bonds is 5. The lowest BCUT2D eigenvalue weighted by atomic mass is 9.70. The van der Waals surface area contributed by atoms with E-state index in [1.54, 1.807) is 0 Å². The molecule has 4 rings (SSSR count). The van der Waals surface area contributed by atoms with Crippen LogP contribution in [-0.4, -0.2) is 5.11 Å². The summed E-state index contributed by atoms with van der Waals surface area (Å²) in [5.74, 6) is -0.336. The molecule has 1 nitrogen and oxygen atoms in total. The van der Waals surface area contributed by atoms with Crippen molar-refractivity contribution < 1.29 is 5.11 Å². The van der Waals surface area contributed by atoms with E-state index in [1.807, 2.05) is 72.8 Å². The summed E-state index contributed by atoms with van der Waals surface area (Å²) in [5.41, 5.74) is 2.36. The molecule has 5 heteroatoms. The first kappa shape index (κ1) is 22.9. The van der Waals surface area contributed by atoms with Gasteiger partial charge in [0.05, 0.1) is 0 Å². The summed E-state index contributed by atoms with van der Waals surface area (Å²) in [6.45, 7) is 0. The summed E-state index contributed by atoms with van der Waals surface area (Å²) in [5, 5.41) is 12.6. The van der Waals surface area contributed by atoms with Crippen LogP contribution in [0.5, 0.6) is 0 Å². The van der Waals surface area contributed by atoms with Gasteiger partial charge in [-0.15, -0.1) is 0 Å². The molecule has 31 heavy (non-hydrogen) atoms. The van der Waals surface area contributed by atoms with Crippen molar-refractivity contribution >= 4 is 63.7 Å². The molecular weight excluding hydrogens is 648 g/mol. The molecule has 1 N–H and O–H groups in total. The van der Waals surface area contributed by atoms with Crippen LogP contribution in [0.3, 0.4) is 0 Å². The Kier molecular flexibility index (Phi) is 7.19. The molecular formula is C26H18Br4O. The van der Waals surface area contributed by atoms with Crippen molar-refractivity contribution in [3.63, 3.8) is 0 Å². The first-order chi connectivity index (χ1) is 14.9. The fraction of sp³-hybridized carbons (Fsp3) is 0.0769. The summed E-state index contributed by atoms with van der Waals surface area (Å²) < 4.78 is 3.84. The first-order valence-corrected chi connectivity index (χ1v) is 12.8. The van der Waals surface area contributed by atoms with E-state index in [9.17, 15) is 5.11 Å². The molecule has 0 fully saturated rings. The number of aliphatic hydroxyl groups is 1. The van der Waals surface area contributed by atoms with Gasteiger partial charge < -0.3 is 5.11 Å². The van der Waals surface area contributed by atoms with Gasteiger partial charge in [-0.2, -0.15) is 0 Å². The fourth-order valence-electron chi connectivity index (χ4n) is 3.94. The van der Waals surface area contributed by atoms with Crippen molar-refractivity contribution in [1.29, 1.82) is 0 Å². The zero-order chi connectivity index (χ0) is 22.0. The molecule has 0 aromatic heterocycles. The number of halogens is 4. The Bertz CT molecular complexity index is 1100. The average molecular weight is 666 g/mol. The van der Waals surface area contributed by atoms with E-state index in [2.05, 4.69) is 88.0 Å². The largest absolute Gasteiger partial charge is 0.379 e. The van der Waals surface area contributed by atoms with Crippen LogP contribution in [0.25, 0.3) is 0 Å². The maximum absolute atomic E-state index is 12.6. The van der Waals surface area contributed by atoms with Crippen LogP contribution in [-0.2, 0) is 5.60 Å². The third-order valence-corrected chi connectivity index (χ3v) is 7.40. The Morgan fingerprint density at radius 2 is 0.903 bits per heavy atom. The third kappa shape index (κ3) is 4.91. The van der Waals surface area contributed by atoms with Crippen LogP contribution in [0.4, 0.5) is 0 Å². The standard InChI is InChI=1S/C26H18Br4O/c27-21-11-7-17(8-12-21)25(18-9-13-22(28)14-10-18)26(31,19-3-1-5-23(29)15-19)20-4-2-6-24(30)16-20/h1-16,25,31H. The van der Waals surface area contributed by atoms with Crippen molar-refractivity contribution in [3.05, 3.63) is 137 Å². The van der Waals surface area contributed by atoms with Gasteiger partial charge in [0.2, 0.25) is 0 Å². The highest BCUT2D eigenvalue weighted by Gasteiger charge is 2.42. The molecule has 4 aromatic rings. The van der Waals surface area contributed by atoms with Crippen LogP contribution in [0, 0.1) is 0 Å².